The van der Waals surface area contributed by atoms with E-state index in [9.17, 15) is 0 Å². The fourth-order valence-corrected chi connectivity index (χ4v) is 24.7. The Morgan fingerprint density at radius 2 is 0.540 bits per heavy atom. The molecule has 0 amide bonds. The SMILES string of the molecule is CC1(C)c2ccccc2-c2ccc(N(c3ccc4c(c3)C(C)(C)c3ccccc3C43c4ccccc4-n4c5ccccc5c5cccc3c54)c3ccccc3-c3ccccc3)cc21.CC1(C)c2ccccc2-c2ccc(N(c3ccc4c(c3)Sc3ccccc3C43c4ccccc4-n4c5ccccc5c5cccc3c54)c3ccccc3-c3ccccc3)cc21. The van der Waals surface area contributed by atoms with Crippen LogP contribution in [-0.2, 0) is 27.1 Å². The first-order valence-corrected chi connectivity index (χ1v) is 44.4. The molecule has 0 saturated heterocycles. The van der Waals surface area contributed by atoms with Gasteiger partial charge in [0.15, 0.2) is 0 Å². The lowest BCUT2D eigenvalue weighted by molar-refractivity contribution is 0.556. The van der Waals surface area contributed by atoms with Gasteiger partial charge in [0.2, 0.25) is 0 Å². The first kappa shape index (κ1) is 72.3. The summed E-state index contributed by atoms with van der Waals surface area (Å²) in [5.41, 5.74) is 41.7. The Morgan fingerprint density at radius 3 is 1.06 bits per heavy atom. The minimum atomic E-state index is -0.559. The van der Waals surface area contributed by atoms with Crippen LogP contribution in [0.1, 0.15) is 119 Å². The minimum absolute atomic E-state index is 0.133. The second-order valence-electron chi connectivity index (χ2n) is 36.1. The summed E-state index contributed by atoms with van der Waals surface area (Å²) in [7, 11) is 0. The van der Waals surface area contributed by atoms with E-state index in [1.165, 1.54) is 187 Å². The molecule has 2 atom stereocenters. The topological polar surface area (TPSA) is 16.3 Å². The van der Waals surface area contributed by atoms with Crippen LogP contribution in [0.4, 0.5) is 34.1 Å². The molecule has 124 heavy (non-hydrogen) atoms. The molecule has 0 radical (unpaired) electrons. The van der Waals surface area contributed by atoms with Gasteiger partial charge in [-0.05, 0) is 202 Å². The number of benzene rings is 18. The number of rotatable bonds is 8. The highest BCUT2D eigenvalue weighted by molar-refractivity contribution is 7.99. The minimum Gasteiger partial charge on any atom is -0.310 e. The van der Waals surface area contributed by atoms with E-state index in [-0.39, 0.29) is 16.2 Å². The molecule has 2 unspecified atom stereocenters. The fraction of sp³-hybridized carbons (Fsp3) is 0.0924. The van der Waals surface area contributed by atoms with Crippen LogP contribution in [0, 0.1) is 0 Å². The second kappa shape index (κ2) is 26.8. The molecule has 6 aliphatic rings. The molecule has 5 heteroatoms. The smallest absolute Gasteiger partial charge is 0.0764 e. The number of hydrogen-bond donors (Lipinski definition) is 0. The van der Waals surface area contributed by atoms with Gasteiger partial charge in [0.25, 0.3) is 0 Å². The molecule has 20 aromatic rings. The Morgan fingerprint density at radius 1 is 0.210 bits per heavy atom. The van der Waals surface area contributed by atoms with Gasteiger partial charge in [-0.2, -0.15) is 0 Å². The Kier molecular flexibility index (Phi) is 15.6. The van der Waals surface area contributed by atoms with E-state index in [1.54, 1.807) is 0 Å². The molecule has 5 heterocycles. The van der Waals surface area contributed by atoms with E-state index in [1.807, 2.05) is 11.8 Å². The molecule has 0 saturated carbocycles. The highest BCUT2D eigenvalue weighted by Crippen LogP contribution is 2.65. The summed E-state index contributed by atoms with van der Waals surface area (Å²) in [6.45, 7) is 14.4. The maximum atomic E-state index is 2.54. The Labute approximate surface area is 727 Å². The largest absolute Gasteiger partial charge is 0.310 e. The van der Waals surface area contributed by atoms with Crippen molar-refractivity contribution in [1.29, 1.82) is 0 Å². The summed E-state index contributed by atoms with van der Waals surface area (Å²) < 4.78 is 5.06. The van der Waals surface area contributed by atoms with E-state index in [2.05, 4.69) is 473 Å². The van der Waals surface area contributed by atoms with Crippen LogP contribution in [-0.4, -0.2) is 9.13 Å². The molecule has 2 aromatic heterocycles. The van der Waals surface area contributed by atoms with Crippen LogP contribution in [0.3, 0.4) is 0 Å². The Hall–Kier alpha value is -14.5. The van der Waals surface area contributed by atoms with Crippen molar-refractivity contribution in [3.05, 3.63) is 490 Å². The summed E-state index contributed by atoms with van der Waals surface area (Å²) in [5.74, 6) is 0. The monoisotopic (exact) mass is 1600 g/mol. The average Bonchev–Trinajstić information content (AvgIpc) is 1.23. The third kappa shape index (κ3) is 9.87. The van der Waals surface area contributed by atoms with Crippen molar-refractivity contribution in [1.82, 2.24) is 9.13 Å². The molecule has 0 bridgehead atoms. The van der Waals surface area contributed by atoms with Crippen molar-refractivity contribution in [2.24, 2.45) is 0 Å². The van der Waals surface area contributed by atoms with Crippen LogP contribution >= 0.6 is 11.8 Å². The van der Waals surface area contributed by atoms with Crippen LogP contribution in [0.5, 0.6) is 0 Å². The van der Waals surface area contributed by atoms with Gasteiger partial charge in [0.1, 0.15) is 0 Å². The predicted molar refractivity (Wildman–Crippen MR) is 517 cm³/mol. The van der Waals surface area contributed by atoms with Gasteiger partial charge in [-0.15, -0.1) is 0 Å². The number of para-hydroxylation sites is 8. The van der Waals surface area contributed by atoms with Crippen molar-refractivity contribution in [2.75, 3.05) is 9.80 Å². The number of nitrogens with zero attached hydrogens (tertiary/aromatic N) is 4. The quantitative estimate of drug-likeness (QED) is 0.151. The molecule has 4 nitrogen and oxygen atoms in total. The third-order valence-corrected chi connectivity index (χ3v) is 30.0. The van der Waals surface area contributed by atoms with Gasteiger partial charge in [0.05, 0.1) is 55.6 Å². The zero-order valence-corrected chi connectivity index (χ0v) is 70.8. The van der Waals surface area contributed by atoms with Crippen LogP contribution in [0.25, 0.3) is 99.5 Å². The fourth-order valence-electron chi connectivity index (χ4n) is 23.5. The molecule has 0 N–H and O–H groups in total. The van der Waals surface area contributed by atoms with Crippen molar-refractivity contribution in [2.45, 2.75) is 78.4 Å². The highest BCUT2D eigenvalue weighted by atomic mass is 32.2. The van der Waals surface area contributed by atoms with Gasteiger partial charge in [-0.1, -0.05) is 375 Å². The van der Waals surface area contributed by atoms with Gasteiger partial charge >= 0.3 is 0 Å². The molecular weight excluding hydrogens is 1520 g/mol. The zero-order chi connectivity index (χ0) is 82.7. The van der Waals surface area contributed by atoms with Gasteiger partial charge in [-0.25, -0.2) is 0 Å². The molecule has 588 valence electrons. The third-order valence-electron chi connectivity index (χ3n) is 28.9. The summed E-state index contributed by atoms with van der Waals surface area (Å²) in [5, 5.41) is 5.16. The standard InChI is InChI=1S/C61H46N2.C58H40N2S/c1-59(2)47-25-11-8-22-43(47)44-35-33-40(37-53(44)59)62(55-30-15-9-21-42(55)39-19-6-5-7-20-39)41-34-36-50-54(38-41)60(3,4)48-26-12-13-27-49(48)61(50)51-28-14-17-32-57(51)63-56-31-16-10-23-45(56)46-24-18-29-52(61)58(46)63;1-57(2)45-23-9-6-20-41(45)42-33-31-38(35-50(42)57)59(51-27-12-7-19-40(51)37-17-4-3-5-18-37)39-32-34-48-55(36-39)61-54-30-15-11-25-47(54)58(48)46-24-10-14-29-53(46)60-52-28-13-8-21-43(52)44-22-16-26-49(58)56(44)60/h5-38H,1-4H3;3-36H,1-2H3. The second-order valence-corrected chi connectivity index (χ2v) is 37.1. The maximum absolute atomic E-state index is 2.54. The maximum Gasteiger partial charge on any atom is 0.0764 e. The lowest BCUT2D eigenvalue weighted by Crippen LogP contribution is -2.44. The summed E-state index contributed by atoms with van der Waals surface area (Å²) in [6, 6.07) is 155. The molecule has 0 fully saturated rings. The van der Waals surface area contributed by atoms with E-state index in [0.29, 0.717) is 0 Å². The highest BCUT2D eigenvalue weighted by Gasteiger charge is 2.54. The zero-order valence-electron chi connectivity index (χ0n) is 70.0. The number of aromatic nitrogens is 2. The number of fused-ring (bicyclic) bond motifs is 28. The van der Waals surface area contributed by atoms with E-state index in [4.69, 9.17) is 0 Å². The van der Waals surface area contributed by atoms with Crippen molar-refractivity contribution in [3.63, 3.8) is 0 Å². The molecule has 2 spiro atoms. The van der Waals surface area contributed by atoms with Crippen LogP contribution in [0.15, 0.2) is 422 Å². The van der Waals surface area contributed by atoms with Crippen molar-refractivity contribution < 1.29 is 0 Å². The van der Waals surface area contributed by atoms with Crippen LogP contribution in [0.2, 0.25) is 0 Å². The van der Waals surface area contributed by atoms with Crippen molar-refractivity contribution >= 4 is 89.5 Å². The predicted octanol–water partition coefficient (Wildman–Crippen LogP) is 30.9. The summed E-state index contributed by atoms with van der Waals surface area (Å²) >= 11 is 1.90. The lowest BCUT2D eigenvalue weighted by atomic mass is 9.53. The molecule has 18 aromatic carbocycles. The Balaban J connectivity index is 0.000000136. The van der Waals surface area contributed by atoms with Gasteiger partial charge in [0, 0.05) is 81.5 Å². The lowest BCUT2D eigenvalue weighted by Gasteiger charge is -2.50. The summed E-state index contributed by atoms with van der Waals surface area (Å²) in [6.07, 6.45) is 0. The van der Waals surface area contributed by atoms with Crippen LogP contribution < -0.4 is 9.80 Å². The van der Waals surface area contributed by atoms with Crippen molar-refractivity contribution in [3.8, 4) is 55.9 Å². The van der Waals surface area contributed by atoms with Gasteiger partial charge in [-0.3, -0.25) is 0 Å². The van der Waals surface area contributed by atoms with E-state index >= 15 is 0 Å². The first-order chi connectivity index (χ1) is 60.8. The summed E-state index contributed by atoms with van der Waals surface area (Å²) in [4.78, 5) is 7.59. The molecular formula is C119H86N4S. The Bertz CT molecular complexity index is 7910. The van der Waals surface area contributed by atoms with E-state index in [0.717, 1.165) is 34.1 Å². The number of hydrogen-bond acceptors (Lipinski definition) is 3. The number of anilines is 6. The first-order valence-electron chi connectivity index (χ1n) is 43.6. The molecule has 3 aliphatic carbocycles. The average molecular weight is 1600 g/mol. The van der Waals surface area contributed by atoms with Gasteiger partial charge < -0.3 is 18.9 Å². The normalized spacial score (nSPS) is 16.5. The van der Waals surface area contributed by atoms with E-state index < -0.39 is 10.8 Å². The molecule has 3 aliphatic heterocycles. The molecule has 26 rings (SSSR count).